The highest BCUT2D eigenvalue weighted by Gasteiger charge is 2.21. The summed E-state index contributed by atoms with van der Waals surface area (Å²) in [6, 6.07) is 0. The van der Waals surface area contributed by atoms with Crippen LogP contribution in [0.25, 0.3) is 0 Å². The summed E-state index contributed by atoms with van der Waals surface area (Å²) in [4.78, 5) is 2.48. The third-order valence-electron chi connectivity index (χ3n) is 2.86. The zero-order chi connectivity index (χ0) is 9.68. The van der Waals surface area contributed by atoms with Gasteiger partial charge in [0.1, 0.15) is 0 Å². The van der Waals surface area contributed by atoms with Crippen LogP contribution in [0, 0.1) is 5.92 Å². The fraction of sp³-hybridized carbons (Fsp3) is 0.818. The maximum Gasteiger partial charge on any atom is 0.0468 e. The summed E-state index contributed by atoms with van der Waals surface area (Å²) in [7, 11) is 0. The summed E-state index contributed by atoms with van der Waals surface area (Å²) in [5.41, 5.74) is 1.21. The van der Waals surface area contributed by atoms with Gasteiger partial charge >= 0.3 is 0 Å². The number of rotatable bonds is 5. The van der Waals surface area contributed by atoms with Crippen LogP contribution in [-0.2, 0) is 0 Å². The maximum atomic E-state index is 8.74. The highest BCUT2D eigenvalue weighted by atomic mass is 16.2. The third kappa shape index (κ3) is 3.49. The minimum atomic E-state index is 0.253. The predicted octanol–water partition coefficient (Wildman–Crippen LogP) is 1.66. The molecule has 1 unspecified atom stereocenters. The van der Waals surface area contributed by atoms with E-state index >= 15 is 0 Å². The van der Waals surface area contributed by atoms with E-state index in [4.69, 9.17) is 5.11 Å². The minimum Gasteiger partial charge on any atom is -0.396 e. The summed E-state index contributed by atoms with van der Waals surface area (Å²) in [6.45, 7) is 10.1. The molecule has 1 rings (SSSR count). The Balaban J connectivity index is 2.19. The third-order valence-corrected chi connectivity index (χ3v) is 2.86. The van der Waals surface area contributed by atoms with Crippen molar-refractivity contribution in [3.05, 3.63) is 12.2 Å². The Kier molecular flexibility index (Phi) is 4.46. The zero-order valence-electron chi connectivity index (χ0n) is 8.63. The summed E-state index contributed by atoms with van der Waals surface area (Å²) < 4.78 is 0. The molecule has 2 nitrogen and oxygen atoms in total. The standard InChI is InChI=1S/C11H21NO/c1-3-12-6-4-11(9-12)8-10(2)5-7-13/h11,13H,2-9H2,1H3. The van der Waals surface area contributed by atoms with Crippen molar-refractivity contribution >= 4 is 0 Å². The van der Waals surface area contributed by atoms with Crippen molar-refractivity contribution in [2.75, 3.05) is 26.2 Å². The van der Waals surface area contributed by atoms with E-state index in [-0.39, 0.29) is 6.61 Å². The van der Waals surface area contributed by atoms with Gasteiger partial charge in [-0.3, -0.25) is 0 Å². The van der Waals surface area contributed by atoms with Crippen LogP contribution in [0.5, 0.6) is 0 Å². The highest BCUT2D eigenvalue weighted by molar-refractivity contribution is 4.97. The fourth-order valence-corrected chi connectivity index (χ4v) is 2.04. The molecule has 0 bridgehead atoms. The Morgan fingerprint density at radius 2 is 2.38 bits per heavy atom. The lowest BCUT2D eigenvalue weighted by Crippen LogP contribution is -2.19. The van der Waals surface area contributed by atoms with Crippen molar-refractivity contribution < 1.29 is 5.11 Å². The Labute approximate surface area is 81.2 Å². The second-order valence-corrected chi connectivity index (χ2v) is 3.98. The Morgan fingerprint density at radius 1 is 1.62 bits per heavy atom. The van der Waals surface area contributed by atoms with Gasteiger partial charge in [-0.05, 0) is 38.3 Å². The van der Waals surface area contributed by atoms with Gasteiger partial charge in [-0.2, -0.15) is 0 Å². The van der Waals surface area contributed by atoms with Crippen LogP contribution in [0.4, 0.5) is 0 Å². The second kappa shape index (κ2) is 5.40. The van der Waals surface area contributed by atoms with Crippen LogP contribution in [0.1, 0.15) is 26.2 Å². The lowest BCUT2D eigenvalue weighted by Gasteiger charge is -2.13. The molecular formula is C11H21NO. The van der Waals surface area contributed by atoms with E-state index in [1.165, 1.54) is 31.6 Å². The van der Waals surface area contributed by atoms with Gasteiger partial charge in [0.05, 0.1) is 0 Å². The Bertz CT molecular complexity index is 167. The summed E-state index contributed by atoms with van der Waals surface area (Å²) in [5, 5.41) is 8.74. The summed E-state index contributed by atoms with van der Waals surface area (Å²) in [6.07, 6.45) is 3.19. The molecule has 0 saturated carbocycles. The van der Waals surface area contributed by atoms with E-state index < -0.39 is 0 Å². The van der Waals surface area contributed by atoms with Crippen molar-refractivity contribution in [3.8, 4) is 0 Å². The van der Waals surface area contributed by atoms with E-state index in [9.17, 15) is 0 Å². The van der Waals surface area contributed by atoms with E-state index in [2.05, 4.69) is 18.4 Å². The molecule has 0 aromatic rings. The first-order chi connectivity index (χ1) is 6.26. The Morgan fingerprint density at radius 3 is 2.92 bits per heavy atom. The van der Waals surface area contributed by atoms with Crippen molar-refractivity contribution in [2.24, 2.45) is 5.92 Å². The predicted molar refractivity (Wildman–Crippen MR) is 55.7 cm³/mol. The molecule has 0 aromatic heterocycles. The van der Waals surface area contributed by atoms with Gasteiger partial charge in [-0.15, -0.1) is 0 Å². The molecule has 1 aliphatic heterocycles. The maximum absolute atomic E-state index is 8.74. The van der Waals surface area contributed by atoms with Gasteiger partial charge in [0.25, 0.3) is 0 Å². The number of aliphatic hydroxyl groups is 1. The van der Waals surface area contributed by atoms with Crippen molar-refractivity contribution in [2.45, 2.75) is 26.2 Å². The Hall–Kier alpha value is -0.340. The van der Waals surface area contributed by atoms with Crippen molar-refractivity contribution in [1.29, 1.82) is 0 Å². The van der Waals surface area contributed by atoms with Crippen LogP contribution < -0.4 is 0 Å². The van der Waals surface area contributed by atoms with E-state index in [1.54, 1.807) is 0 Å². The molecule has 0 aliphatic carbocycles. The van der Waals surface area contributed by atoms with Gasteiger partial charge in [-0.1, -0.05) is 19.1 Å². The van der Waals surface area contributed by atoms with Crippen LogP contribution in [0.3, 0.4) is 0 Å². The van der Waals surface area contributed by atoms with Crippen LogP contribution in [-0.4, -0.2) is 36.2 Å². The molecule has 0 spiro atoms. The molecule has 0 aromatic carbocycles. The topological polar surface area (TPSA) is 23.5 Å². The van der Waals surface area contributed by atoms with E-state index in [0.29, 0.717) is 0 Å². The quantitative estimate of drug-likeness (QED) is 0.655. The normalized spacial score (nSPS) is 23.7. The monoisotopic (exact) mass is 183 g/mol. The summed E-state index contributed by atoms with van der Waals surface area (Å²) >= 11 is 0. The zero-order valence-corrected chi connectivity index (χ0v) is 8.63. The highest BCUT2D eigenvalue weighted by Crippen LogP contribution is 2.23. The van der Waals surface area contributed by atoms with Crippen LogP contribution in [0.2, 0.25) is 0 Å². The van der Waals surface area contributed by atoms with Crippen molar-refractivity contribution in [1.82, 2.24) is 4.90 Å². The first-order valence-electron chi connectivity index (χ1n) is 5.26. The molecule has 0 radical (unpaired) electrons. The van der Waals surface area contributed by atoms with Gasteiger partial charge in [0, 0.05) is 13.2 Å². The fourth-order valence-electron chi connectivity index (χ4n) is 2.04. The molecule has 1 heterocycles. The molecule has 1 saturated heterocycles. The van der Waals surface area contributed by atoms with Gasteiger partial charge < -0.3 is 10.0 Å². The molecule has 13 heavy (non-hydrogen) atoms. The van der Waals surface area contributed by atoms with E-state index in [0.717, 1.165) is 18.8 Å². The molecule has 1 fully saturated rings. The average Bonchev–Trinajstić information content (AvgIpc) is 2.52. The lowest BCUT2D eigenvalue weighted by molar-refractivity contribution is 0.295. The smallest absolute Gasteiger partial charge is 0.0468 e. The molecule has 1 atom stereocenters. The second-order valence-electron chi connectivity index (χ2n) is 3.98. The van der Waals surface area contributed by atoms with Gasteiger partial charge in [-0.25, -0.2) is 0 Å². The molecule has 1 aliphatic rings. The minimum absolute atomic E-state index is 0.253. The first-order valence-corrected chi connectivity index (χ1v) is 5.26. The molecule has 1 N–H and O–H groups in total. The first kappa shape index (κ1) is 10.7. The molecule has 76 valence electrons. The van der Waals surface area contributed by atoms with Crippen LogP contribution in [0.15, 0.2) is 12.2 Å². The van der Waals surface area contributed by atoms with Crippen molar-refractivity contribution in [3.63, 3.8) is 0 Å². The SMILES string of the molecule is C=C(CCO)CC1CCN(CC)C1. The van der Waals surface area contributed by atoms with Gasteiger partial charge in [0.15, 0.2) is 0 Å². The molecule has 2 heteroatoms. The largest absolute Gasteiger partial charge is 0.396 e. The molecular weight excluding hydrogens is 162 g/mol. The number of hydrogen-bond donors (Lipinski definition) is 1. The molecule has 0 amide bonds. The average molecular weight is 183 g/mol. The van der Waals surface area contributed by atoms with Gasteiger partial charge in [0.2, 0.25) is 0 Å². The summed E-state index contributed by atoms with van der Waals surface area (Å²) in [5.74, 6) is 0.791. The number of aliphatic hydroxyl groups excluding tert-OH is 1. The lowest BCUT2D eigenvalue weighted by atomic mass is 9.98. The number of likely N-dealkylation sites (tertiary alicyclic amines) is 1. The number of nitrogens with zero attached hydrogens (tertiary/aromatic N) is 1. The number of hydrogen-bond acceptors (Lipinski definition) is 2. The van der Waals surface area contributed by atoms with E-state index in [1.807, 2.05) is 0 Å². The van der Waals surface area contributed by atoms with Crippen LogP contribution >= 0.6 is 0 Å².